The van der Waals surface area contributed by atoms with Crippen LogP contribution in [0.4, 0.5) is 4.39 Å². The Labute approximate surface area is 132 Å². The Morgan fingerprint density at radius 3 is 2.68 bits per heavy atom. The molecule has 0 amide bonds. The topological polar surface area (TPSA) is 40.5 Å². The van der Waals surface area contributed by atoms with E-state index in [0.29, 0.717) is 30.6 Å². The zero-order valence-corrected chi connectivity index (χ0v) is 13.8. The third kappa shape index (κ3) is 1.78. The summed E-state index contributed by atoms with van der Waals surface area (Å²) in [6, 6.07) is 0. The molecule has 22 heavy (non-hydrogen) atoms. The smallest absolute Gasteiger partial charge is 0.112 e. The summed E-state index contributed by atoms with van der Waals surface area (Å²) in [6.45, 7) is 4.37. The van der Waals surface area contributed by atoms with Crippen LogP contribution in [0.5, 0.6) is 0 Å². The first-order chi connectivity index (χ1) is 10.4. The van der Waals surface area contributed by atoms with Crippen molar-refractivity contribution in [3.8, 4) is 0 Å². The fourth-order valence-electron chi connectivity index (χ4n) is 6.63. The molecule has 0 aromatic carbocycles. The van der Waals surface area contributed by atoms with Gasteiger partial charge in [0.2, 0.25) is 0 Å². The largest absolute Gasteiger partial charge is 0.393 e. The van der Waals surface area contributed by atoms with Crippen LogP contribution in [0.1, 0.15) is 58.8 Å². The Morgan fingerprint density at radius 1 is 1.14 bits per heavy atom. The van der Waals surface area contributed by atoms with Crippen LogP contribution in [0.2, 0.25) is 0 Å². The lowest BCUT2D eigenvalue weighted by molar-refractivity contribution is -0.0937. The summed E-state index contributed by atoms with van der Waals surface area (Å²) >= 11 is 0. The van der Waals surface area contributed by atoms with Crippen LogP contribution >= 0.6 is 0 Å². The Balaban J connectivity index is 1.71. The van der Waals surface area contributed by atoms with Crippen molar-refractivity contribution in [3.05, 3.63) is 11.6 Å². The number of hydrogen-bond donors (Lipinski definition) is 2. The van der Waals surface area contributed by atoms with Gasteiger partial charge in [0.15, 0.2) is 0 Å². The van der Waals surface area contributed by atoms with Gasteiger partial charge in [0, 0.05) is 11.8 Å². The summed E-state index contributed by atoms with van der Waals surface area (Å²) < 4.78 is 15.0. The molecule has 0 radical (unpaired) electrons. The van der Waals surface area contributed by atoms with Gasteiger partial charge in [-0.3, -0.25) is 0 Å². The van der Waals surface area contributed by atoms with Crippen LogP contribution in [0.3, 0.4) is 0 Å². The third-order valence-corrected chi connectivity index (χ3v) is 8.07. The molecule has 0 aromatic rings. The molecule has 2 nitrogen and oxygen atoms in total. The van der Waals surface area contributed by atoms with Gasteiger partial charge in [-0.2, -0.15) is 0 Å². The zero-order chi connectivity index (χ0) is 15.7. The first-order valence-corrected chi connectivity index (χ1v) is 9.07. The van der Waals surface area contributed by atoms with Crippen molar-refractivity contribution < 1.29 is 14.6 Å². The number of aliphatic hydroxyl groups excluding tert-OH is 2. The Hall–Kier alpha value is -0.410. The molecule has 1 unspecified atom stereocenters. The van der Waals surface area contributed by atoms with E-state index in [1.165, 1.54) is 5.57 Å². The van der Waals surface area contributed by atoms with E-state index in [-0.39, 0.29) is 16.9 Å². The molecule has 4 aliphatic rings. The predicted molar refractivity (Wildman–Crippen MR) is 84.0 cm³/mol. The molecule has 4 rings (SSSR count). The van der Waals surface area contributed by atoms with Crippen LogP contribution < -0.4 is 0 Å². The number of aliphatic hydroxyl groups is 2. The summed E-state index contributed by atoms with van der Waals surface area (Å²) in [5, 5.41) is 20.4. The minimum Gasteiger partial charge on any atom is -0.393 e. The zero-order valence-electron chi connectivity index (χ0n) is 13.8. The van der Waals surface area contributed by atoms with Gasteiger partial charge in [0.1, 0.15) is 6.17 Å². The van der Waals surface area contributed by atoms with Gasteiger partial charge in [0.05, 0.1) is 12.2 Å². The van der Waals surface area contributed by atoms with E-state index in [2.05, 4.69) is 19.9 Å². The molecule has 4 aliphatic carbocycles. The Kier molecular flexibility index (Phi) is 3.30. The molecule has 0 aliphatic heterocycles. The first kappa shape index (κ1) is 15.1. The quantitative estimate of drug-likeness (QED) is 0.671. The lowest BCUT2D eigenvalue weighted by Gasteiger charge is -2.58. The van der Waals surface area contributed by atoms with E-state index in [9.17, 15) is 14.6 Å². The molecule has 3 fully saturated rings. The third-order valence-electron chi connectivity index (χ3n) is 8.07. The van der Waals surface area contributed by atoms with Crippen molar-refractivity contribution in [1.82, 2.24) is 0 Å². The molecule has 3 saturated carbocycles. The van der Waals surface area contributed by atoms with E-state index in [1.807, 2.05) is 0 Å². The van der Waals surface area contributed by atoms with Gasteiger partial charge < -0.3 is 10.2 Å². The lowest BCUT2D eigenvalue weighted by atomic mass is 9.47. The van der Waals surface area contributed by atoms with Gasteiger partial charge in [-0.25, -0.2) is 4.39 Å². The SMILES string of the molecule is C[C@]12CC[C@H]3[C@@H](CC=C4C[C@@H](O)CC(F)[C@@]43C)[C@@H]1CC[C@H]2O. The molecule has 0 saturated heterocycles. The number of allylic oxidation sites excluding steroid dienone is 1. The first-order valence-electron chi connectivity index (χ1n) is 9.07. The predicted octanol–water partition coefficient (Wildman–Crippen LogP) is 3.62. The van der Waals surface area contributed by atoms with Gasteiger partial charge >= 0.3 is 0 Å². The van der Waals surface area contributed by atoms with Crippen LogP contribution in [-0.4, -0.2) is 28.6 Å². The summed E-state index contributed by atoms with van der Waals surface area (Å²) in [5.74, 6) is 1.44. The molecule has 3 heteroatoms. The highest BCUT2D eigenvalue weighted by atomic mass is 19.1. The fraction of sp³-hybridized carbons (Fsp3) is 0.895. The molecule has 0 aromatic heterocycles. The van der Waals surface area contributed by atoms with Crippen molar-refractivity contribution in [2.45, 2.75) is 77.2 Å². The van der Waals surface area contributed by atoms with Crippen LogP contribution in [-0.2, 0) is 0 Å². The van der Waals surface area contributed by atoms with Gasteiger partial charge in [-0.1, -0.05) is 25.5 Å². The molecule has 8 atom stereocenters. The monoisotopic (exact) mass is 308 g/mol. The maximum absolute atomic E-state index is 15.0. The van der Waals surface area contributed by atoms with Crippen molar-refractivity contribution in [1.29, 1.82) is 0 Å². The number of alkyl halides is 1. The highest BCUT2D eigenvalue weighted by Gasteiger charge is 2.60. The lowest BCUT2D eigenvalue weighted by Crippen LogP contribution is -2.54. The highest BCUT2D eigenvalue weighted by molar-refractivity contribution is 5.27. The van der Waals surface area contributed by atoms with Gasteiger partial charge in [0.25, 0.3) is 0 Å². The van der Waals surface area contributed by atoms with Crippen LogP contribution in [0, 0.1) is 28.6 Å². The van der Waals surface area contributed by atoms with E-state index in [4.69, 9.17) is 0 Å². The number of hydrogen-bond acceptors (Lipinski definition) is 2. The molecule has 0 spiro atoms. The summed E-state index contributed by atoms with van der Waals surface area (Å²) in [6.07, 6.45) is 6.66. The number of fused-ring (bicyclic) bond motifs is 5. The standard InChI is InChI=1S/C19H29FO2/c1-18-8-7-15-13(14(18)5-6-17(18)22)4-3-11-9-12(21)10-16(20)19(11,15)2/h3,12-17,21-22H,4-10H2,1-2H3/t12-,13+,14+,15+,16?,17-,18+,19+/m1/s1. The minimum absolute atomic E-state index is 0.0445. The van der Waals surface area contributed by atoms with Crippen LogP contribution in [0.25, 0.3) is 0 Å². The van der Waals surface area contributed by atoms with E-state index in [0.717, 1.165) is 32.1 Å². The minimum atomic E-state index is -0.925. The second-order valence-corrected chi connectivity index (χ2v) is 8.82. The van der Waals surface area contributed by atoms with Crippen molar-refractivity contribution in [3.63, 3.8) is 0 Å². The summed E-state index contributed by atoms with van der Waals surface area (Å²) in [4.78, 5) is 0. The van der Waals surface area contributed by atoms with Gasteiger partial charge in [-0.15, -0.1) is 0 Å². The molecule has 0 heterocycles. The fourth-order valence-corrected chi connectivity index (χ4v) is 6.63. The molecule has 0 bridgehead atoms. The molecule has 2 N–H and O–H groups in total. The van der Waals surface area contributed by atoms with E-state index >= 15 is 0 Å². The van der Waals surface area contributed by atoms with Crippen molar-refractivity contribution in [2.75, 3.05) is 0 Å². The van der Waals surface area contributed by atoms with E-state index < -0.39 is 12.3 Å². The Bertz CT molecular complexity index is 504. The normalized spacial score (nSPS) is 57.6. The second kappa shape index (κ2) is 4.80. The maximum atomic E-state index is 15.0. The average molecular weight is 308 g/mol. The van der Waals surface area contributed by atoms with Gasteiger partial charge in [-0.05, 0) is 61.7 Å². The maximum Gasteiger partial charge on any atom is 0.112 e. The molecular weight excluding hydrogens is 279 g/mol. The molecular formula is C19H29FO2. The van der Waals surface area contributed by atoms with Crippen LogP contribution in [0.15, 0.2) is 11.6 Å². The summed E-state index contributed by atoms with van der Waals surface area (Å²) in [5.41, 5.74) is 0.835. The van der Waals surface area contributed by atoms with Crippen molar-refractivity contribution in [2.24, 2.45) is 28.6 Å². The highest BCUT2D eigenvalue weighted by Crippen LogP contribution is 2.65. The van der Waals surface area contributed by atoms with E-state index in [1.54, 1.807) is 0 Å². The Morgan fingerprint density at radius 2 is 1.91 bits per heavy atom. The average Bonchev–Trinajstić information content (AvgIpc) is 2.77. The summed E-state index contributed by atoms with van der Waals surface area (Å²) in [7, 11) is 0. The second-order valence-electron chi connectivity index (χ2n) is 8.82. The number of halogens is 1. The number of rotatable bonds is 0. The molecule has 124 valence electrons. The van der Waals surface area contributed by atoms with Crippen molar-refractivity contribution >= 4 is 0 Å².